The molecule has 0 aliphatic heterocycles. The lowest BCUT2D eigenvalue weighted by molar-refractivity contribution is -0.140. The number of alkyl carbamates (subject to hydrolysis) is 1. The summed E-state index contributed by atoms with van der Waals surface area (Å²) in [6.07, 6.45) is 0.502. The van der Waals surface area contributed by atoms with Crippen LogP contribution in [0.25, 0.3) is 0 Å². The van der Waals surface area contributed by atoms with Gasteiger partial charge in [-0.1, -0.05) is 41.9 Å². The third-order valence-electron chi connectivity index (χ3n) is 5.00. The zero-order valence-corrected chi connectivity index (χ0v) is 21.5. The fraction of sp³-hybridized carbons (Fsp3) is 0.346. The Labute approximate surface area is 215 Å². The number of benzene rings is 2. The quantitative estimate of drug-likeness (QED) is 0.373. The van der Waals surface area contributed by atoms with E-state index in [1.165, 1.54) is 24.3 Å². The summed E-state index contributed by atoms with van der Waals surface area (Å²) in [6.45, 7) is 9.56. The van der Waals surface area contributed by atoms with Crippen LogP contribution >= 0.6 is 11.6 Å². The molecule has 3 amide bonds. The molecule has 2 aromatic carbocycles. The molecule has 0 saturated heterocycles. The Morgan fingerprint density at radius 2 is 1.86 bits per heavy atom. The number of hydrogen-bond acceptors (Lipinski definition) is 6. The van der Waals surface area contributed by atoms with Gasteiger partial charge in [-0.3, -0.25) is 9.59 Å². The van der Waals surface area contributed by atoms with E-state index in [2.05, 4.69) is 17.2 Å². The van der Waals surface area contributed by atoms with E-state index in [0.29, 0.717) is 21.8 Å². The third-order valence-corrected chi connectivity index (χ3v) is 5.31. The van der Waals surface area contributed by atoms with E-state index in [0.717, 1.165) is 4.90 Å². The van der Waals surface area contributed by atoms with Gasteiger partial charge in [-0.05, 0) is 57.0 Å². The van der Waals surface area contributed by atoms with Crippen molar-refractivity contribution in [3.05, 3.63) is 71.3 Å². The van der Waals surface area contributed by atoms with Crippen molar-refractivity contribution in [2.45, 2.75) is 45.4 Å². The number of halogens is 1. The van der Waals surface area contributed by atoms with E-state index in [1.54, 1.807) is 52.0 Å². The van der Waals surface area contributed by atoms with Crippen molar-refractivity contribution in [3.8, 4) is 5.75 Å². The standard InChI is InChI=1S/C26H32ClN3O6/c1-6-13-30(24(34)20(15-31)28-25(35)36-26(3,4)5)22(17-10-8-11-18(32)14-17)23(33)29-21-16(2)9-7-12-19(21)27/h6-12,14,20,22,31-32H,1,13,15H2,2-5H3,(H,28,35)(H,29,33). The van der Waals surface area contributed by atoms with Gasteiger partial charge in [0.2, 0.25) is 5.91 Å². The molecule has 0 spiro atoms. The van der Waals surface area contributed by atoms with E-state index in [-0.39, 0.29) is 12.3 Å². The number of ether oxygens (including phenoxy) is 1. The molecule has 2 unspecified atom stereocenters. The summed E-state index contributed by atoms with van der Waals surface area (Å²) in [5.41, 5.74) is 0.532. The van der Waals surface area contributed by atoms with Crippen LogP contribution < -0.4 is 10.6 Å². The highest BCUT2D eigenvalue weighted by molar-refractivity contribution is 6.34. The lowest BCUT2D eigenvalue weighted by Crippen LogP contribution is -2.53. The maximum absolute atomic E-state index is 13.6. The number of rotatable bonds is 9. The van der Waals surface area contributed by atoms with E-state index < -0.39 is 42.2 Å². The highest BCUT2D eigenvalue weighted by Crippen LogP contribution is 2.30. The SMILES string of the molecule is C=CCN(C(=O)C(CO)NC(=O)OC(C)(C)C)C(C(=O)Nc1c(C)cccc1Cl)c1cccc(O)c1. The molecule has 0 bridgehead atoms. The number of aromatic hydroxyl groups is 1. The molecule has 0 aromatic heterocycles. The Balaban J connectivity index is 2.49. The molecule has 0 heterocycles. The van der Waals surface area contributed by atoms with Crippen LogP contribution in [-0.4, -0.2) is 57.8 Å². The number of aliphatic hydroxyl groups is 1. The fourth-order valence-electron chi connectivity index (χ4n) is 3.45. The maximum Gasteiger partial charge on any atom is 0.408 e. The molecule has 0 fully saturated rings. The number of aliphatic hydroxyl groups excluding tert-OH is 1. The third kappa shape index (κ3) is 7.73. The van der Waals surface area contributed by atoms with Crippen molar-refractivity contribution in [2.75, 3.05) is 18.5 Å². The first-order valence-corrected chi connectivity index (χ1v) is 11.6. The van der Waals surface area contributed by atoms with Gasteiger partial charge in [-0.2, -0.15) is 0 Å². The first kappa shape index (κ1) is 28.7. The maximum atomic E-state index is 13.6. The summed E-state index contributed by atoms with van der Waals surface area (Å²) < 4.78 is 5.19. The molecule has 2 atom stereocenters. The zero-order chi connectivity index (χ0) is 27.0. The van der Waals surface area contributed by atoms with E-state index >= 15 is 0 Å². The molecule has 194 valence electrons. The highest BCUT2D eigenvalue weighted by Gasteiger charge is 2.36. The molecule has 0 radical (unpaired) electrons. The Bertz CT molecular complexity index is 1090. The lowest BCUT2D eigenvalue weighted by Gasteiger charge is -2.33. The van der Waals surface area contributed by atoms with Gasteiger partial charge in [0.25, 0.3) is 5.91 Å². The summed E-state index contributed by atoms with van der Waals surface area (Å²) >= 11 is 6.29. The van der Waals surface area contributed by atoms with E-state index in [9.17, 15) is 24.6 Å². The smallest absolute Gasteiger partial charge is 0.408 e. The number of carbonyl (C=O) groups is 3. The lowest BCUT2D eigenvalue weighted by atomic mass is 10.0. The zero-order valence-electron chi connectivity index (χ0n) is 20.7. The molecular formula is C26H32ClN3O6. The van der Waals surface area contributed by atoms with E-state index in [4.69, 9.17) is 16.3 Å². The van der Waals surface area contributed by atoms with Gasteiger partial charge in [-0.15, -0.1) is 6.58 Å². The van der Waals surface area contributed by atoms with Crippen molar-refractivity contribution in [3.63, 3.8) is 0 Å². The van der Waals surface area contributed by atoms with Gasteiger partial charge in [0.05, 0.1) is 17.3 Å². The number of phenolic OH excluding ortho intramolecular Hbond substituents is 1. The summed E-state index contributed by atoms with van der Waals surface area (Å²) in [5.74, 6) is -1.50. The number of hydrogen-bond donors (Lipinski definition) is 4. The van der Waals surface area contributed by atoms with Crippen molar-refractivity contribution in [2.24, 2.45) is 0 Å². The van der Waals surface area contributed by atoms with E-state index in [1.807, 2.05) is 0 Å². The van der Waals surface area contributed by atoms with Crippen molar-refractivity contribution in [1.29, 1.82) is 0 Å². The highest BCUT2D eigenvalue weighted by atomic mass is 35.5. The minimum absolute atomic E-state index is 0.111. The summed E-state index contributed by atoms with van der Waals surface area (Å²) in [6, 6.07) is 8.33. The summed E-state index contributed by atoms with van der Waals surface area (Å²) in [4.78, 5) is 40.6. The van der Waals surface area contributed by atoms with Gasteiger partial charge in [0.1, 0.15) is 23.4 Å². The van der Waals surface area contributed by atoms with Crippen LogP contribution in [0.4, 0.5) is 10.5 Å². The average Bonchev–Trinajstić information content (AvgIpc) is 2.78. The first-order valence-electron chi connectivity index (χ1n) is 11.2. The Hall–Kier alpha value is -3.56. The monoisotopic (exact) mass is 517 g/mol. The largest absolute Gasteiger partial charge is 0.508 e. The number of amides is 3. The predicted molar refractivity (Wildman–Crippen MR) is 138 cm³/mol. The summed E-state index contributed by atoms with van der Waals surface area (Å²) in [7, 11) is 0. The molecule has 10 heteroatoms. The Morgan fingerprint density at radius 1 is 1.19 bits per heavy atom. The second kappa shape index (κ2) is 12.4. The molecule has 36 heavy (non-hydrogen) atoms. The van der Waals surface area contributed by atoms with Gasteiger partial charge in [-0.25, -0.2) is 4.79 Å². The van der Waals surface area contributed by atoms with Crippen molar-refractivity contribution >= 4 is 35.2 Å². The number of nitrogens with zero attached hydrogens (tertiary/aromatic N) is 1. The first-order chi connectivity index (χ1) is 16.9. The van der Waals surface area contributed by atoms with Gasteiger partial charge >= 0.3 is 6.09 Å². The number of aryl methyl sites for hydroxylation is 1. The minimum atomic E-state index is -1.41. The van der Waals surface area contributed by atoms with Gasteiger partial charge in [0, 0.05) is 6.54 Å². The fourth-order valence-corrected chi connectivity index (χ4v) is 3.72. The molecular weight excluding hydrogens is 486 g/mol. The van der Waals surface area contributed by atoms with Crippen molar-refractivity contribution < 1.29 is 29.3 Å². The van der Waals surface area contributed by atoms with Crippen LogP contribution in [-0.2, 0) is 14.3 Å². The number of anilines is 1. The molecule has 0 aliphatic carbocycles. The molecule has 2 aromatic rings. The molecule has 9 nitrogen and oxygen atoms in total. The van der Waals surface area contributed by atoms with Crippen LogP contribution in [0.2, 0.25) is 5.02 Å². The summed E-state index contributed by atoms with van der Waals surface area (Å²) in [5, 5.41) is 25.4. The van der Waals surface area contributed by atoms with Crippen LogP contribution in [0, 0.1) is 6.92 Å². The van der Waals surface area contributed by atoms with Crippen LogP contribution in [0.15, 0.2) is 55.1 Å². The topological polar surface area (TPSA) is 128 Å². The average molecular weight is 518 g/mol. The second-order valence-corrected chi connectivity index (χ2v) is 9.49. The normalized spacial score (nSPS) is 12.7. The Morgan fingerprint density at radius 3 is 2.42 bits per heavy atom. The number of phenols is 1. The molecule has 4 N–H and O–H groups in total. The minimum Gasteiger partial charge on any atom is -0.508 e. The van der Waals surface area contributed by atoms with Gasteiger partial charge in [0.15, 0.2) is 0 Å². The van der Waals surface area contributed by atoms with Crippen LogP contribution in [0.5, 0.6) is 5.75 Å². The number of nitrogens with one attached hydrogen (secondary N) is 2. The van der Waals surface area contributed by atoms with Crippen molar-refractivity contribution in [1.82, 2.24) is 10.2 Å². The van der Waals surface area contributed by atoms with Gasteiger partial charge < -0.3 is 30.5 Å². The molecule has 0 saturated carbocycles. The van der Waals surface area contributed by atoms with Crippen LogP contribution in [0.1, 0.15) is 37.9 Å². The number of para-hydroxylation sites is 1. The van der Waals surface area contributed by atoms with Crippen LogP contribution in [0.3, 0.4) is 0 Å². The molecule has 0 aliphatic rings. The predicted octanol–water partition coefficient (Wildman–Crippen LogP) is 3.93. The Kier molecular flexibility index (Phi) is 9.89. The second-order valence-electron chi connectivity index (χ2n) is 9.08. The number of carbonyl (C=O) groups excluding carboxylic acids is 3. The molecule has 2 rings (SSSR count).